The molecule has 1 aromatic heterocycles. The number of phenols is 1. The van der Waals surface area contributed by atoms with Gasteiger partial charge in [0.15, 0.2) is 5.76 Å². The van der Waals surface area contributed by atoms with E-state index in [-0.39, 0.29) is 22.7 Å². The number of phenolic OH excluding ortho intramolecular Hbond substituents is 1. The van der Waals surface area contributed by atoms with E-state index in [0.29, 0.717) is 17.0 Å². The fraction of sp³-hybridized carbons (Fsp3) is 0.314. The lowest BCUT2D eigenvalue weighted by molar-refractivity contribution is 0.443. The summed E-state index contributed by atoms with van der Waals surface area (Å²) in [6, 6.07) is 30.1. The Labute approximate surface area is 338 Å². The molecule has 1 aliphatic carbocycles. The maximum absolute atomic E-state index is 12.3. The Bertz CT molecular complexity index is 2590. The first-order valence-electron chi connectivity index (χ1n) is 20.5. The number of hydrogen-bond acceptors (Lipinski definition) is 6. The first-order valence-corrected chi connectivity index (χ1v) is 20.5. The second kappa shape index (κ2) is 14.7. The third-order valence-corrected chi connectivity index (χ3v) is 11.7. The molecule has 0 saturated carbocycles. The van der Waals surface area contributed by atoms with E-state index >= 15 is 0 Å². The molecule has 6 heteroatoms. The zero-order valence-electron chi connectivity index (χ0n) is 34.9. The molecule has 5 aromatic carbocycles. The van der Waals surface area contributed by atoms with Gasteiger partial charge in [0.25, 0.3) is 0 Å². The lowest BCUT2D eigenvalue weighted by Crippen LogP contribution is -2.41. The number of furan rings is 1. The second-order valence-electron chi connectivity index (χ2n) is 17.6. The van der Waals surface area contributed by atoms with Crippen LogP contribution >= 0.6 is 0 Å². The van der Waals surface area contributed by atoms with Gasteiger partial charge in [-0.1, -0.05) is 127 Å². The molecule has 1 aliphatic heterocycles. The van der Waals surface area contributed by atoms with Crippen LogP contribution in [0.25, 0.3) is 27.8 Å². The molecular formula is C51H56N4O2. The summed E-state index contributed by atoms with van der Waals surface area (Å²) in [6.45, 7) is 17.5. The summed E-state index contributed by atoms with van der Waals surface area (Å²) in [7, 11) is 2.04. The molecule has 2 aliphatic rings. The summed E-state index contributed by atoms with van der Waals surface area (Å²) in [5.74, 6) is 0.878. The zero-order chi connectivity index (χ0) is 40.2. The fourth-order valence-electron chi connectivity index (χ4n) is 8.59. The van der Waals surface area contributed by atoms with Crippen molar-refractivity contribution >= 4 is 50.6 Å². The highest BCUT2D eigenvalue weighted by molar-refractivity contribution is 6.20. The van der Waals surface area contributed by atoms with Crippen LogP contribution in [0.1, 0.15) is 112 Å². The highest BCUT2D eigenvalue weighted by Crippen LogP contribution is 2.47. The zero-order valence-corrected chi connectivity index (χ0v) is 34.9. The SMILES string of the molecule is CC/C=C\C(NC)N(c1cccc2c1CCC=C2)c1c(C)c(C2N=C(c3cc(C(C)(C)C)cc(C(C)(C)C)c3O)c3oc4ccccc4c3N2)cc2ccccc12. The number of anilines is 3. The number of aliphatic imine (C=N–C) groups is 1. The van der Waals surface area contributed by atoms with Gasteiger partial charge in [0.1, 0.15) is 29.4 Å². The predicted octanol–water partition coefficient (Wildman–Crippen LogP) is 12.8. The van der Waals surface area contributed by atoms with Crippen LogP contribution in [0.15, 0.2) is 113 Å². The van der Waals surface area contributed by atoms with Crippen LogP contribution in [-0.2, 0) is 17.3 Å². The molecule has 6 nitrogen and oxygen atoms in total. The minimum Gasteiger partial charge on any atom is -0.507 e. The topological polar surface area (TPSA) is 73.0 Å². The number of allylic oxidation sites excluding steroid dienone is 2. The number of likely N-dealkylation sites (N-methyl/N-ethyl adjacent to an activating group) is 1. The average Bonchev–Trinajstić information content (AvgIpc) is 3.57. The van der Waals surface area contributed by atoms with Crippen molar-refractivity contribution in [1.82, 2.24) is 5.32 Å². The summed E-state index contributed by atoms with van der Waals surface area (Å²) >= 11 is 0. The van der Waals surface area contributed by atoms with Crippen LogP contribution in [0, 0.1) is 6.92 Å². The molecule has 292 valence electrons. The summed E-state index contributed by atoms with van der Waals surface area (Å²) in [6.07, 6.45) is 11.4. The van der Waals surface area contributed by atoms with E-state index in [1.54, 1.807) is 0 Å². The van der Waals surface area contributed by atoms with Gasteiger partial charge in [0.2, 0.25) is 0 Å². The van der Waals surface area contributed by atoms with Crippen LogP contribution in [0.3, 0.4) is 0 Å². The highest BCUT2D eigenvalue weighted by atomic mass is 16.3. The van der Waals surface area contributed by atoms with Crippen molar-refractivity contribution in [2.75, 3.05) is 17.3 Å². The summed E-state index contributed by atoms with van der Waals surface area (Å²) < 4.78 is 6.67. The minimum absolute atomic E-state index is 0.115. The molecule has 6 aromatic rings. The fourth-order valence-corrected chi connectivity index (χ4v) is 8.59. The highest BCUT2D eigenvalue weighted by Gasteiger charge is 2.35. The average molecular weight is 757 g/mol. The number of aromatic hydroxyl groups is 1. The number of hydrogen-bond donors (Lipinski definition) is 3. The molecular weight excluding hydrogens is 701 g/mol. The van der Waals surface area contributed by atoms with Crippen molar-refractivity contribution in [1.29, 1.82) is 0 Å². The second-order valence-corrected chi connectivity index (χ2v) is 17.6. The Morgan fingerprint density at radius 3 is 2.44 bits per heavy atom. The number of nitrogens with one attached hydrogen (secondary N) is 2. The van der Waals surface area contributed by atoms with Crippen molar-refractivity contribution in [3.05, 3.63) is 148 Å². The van der Waals surface area contributed by atoms with E-state index in [9.17, 15) is 5.11 Å². The van der Waals surface area contributed by atoms with Crippen LogP contribution in [0.2, 0.25) is 0 Å². The first-order chi connectivity index (χ1) is 27.3. The third-order valence-electron chi connectivity index (χ3n) is 11.7. The molecule has 0 amide bonds. The van der Waals surface area contributed by atoms with Gasteiger partial charge < -0.3 is 19.7 Å². The van der Waals surface area contributed by atoms with Crippen LogP contribution in [0.4, 0.5) is 17.1 Å². The quantitative estimate of drug-likeness (QED) is 0.107. The summed E-state index contributed by atoms with van der Waals surface area (Å²) in [5.41, 5.74) is 11.7. The van der Waals surface area contributed by atoms with Gasteiger partial charge >= 0.3 is 0 Å². The van der Waals surface area contributed by atoms with Gasteiger partial charge in [0, 0.05) is 33.2 Å². The van der Waals surface area contributed by atoms with Crippen molar-refractivity contribution in [3.8, 4) is 5.75 Å². The Hall–Kier alpha value is -5.59. The van der Waals surface area contributed by atoms with Crippen LogP contribution in [0.5, 0.6) is 5.75 Å². The van der Waals surface area contributed by atoms with Crippen LogP contribution in [-0.4, -0.2) is 24.0 Å². The molecule has 8 rings (SSSR count). The van der Waals surface area contributed by atoms with E-state index in [1.165, 1.54) is 22.2 Å². The minimum atomic E-state index is -0.485. The smallest absolute Gasteiger partial charge is 0.177 e. The van der Waals surface area contributed by atoms with Crippen LogP contribution < -0.4 is 15.5 Å². The maximum Gasteiger partial charge on any atom is 0.177 e. The maximum atomic E-state index is 12.3. The Morgan fingerprint density at radius 1 is 0.947 bits per heavy atom. The number of benzene rings is 5. The Kier molecular flexibility index (Phi) is 9.89. The van der Waals surface area contributed by atoms with Gasteiger partial charge in [-0.3, -0.25) is 10.3 Å². The lowest BCUT2D eigenvalue weighted by atomic mass is 9.78. The predicted molar refractivity (Wildman–Crippen MR) is 241 cm³/mol. The standard InChI is InChI=1S/C51H56N4O2/c1-10-11-27-43(52-9)55(41-25-18-21-32-19-12-14-22-35(32)41)46-31(2)38(28-33-20-13-15-23-36(33)46)49-53-44-37-24-16-17-26-42(37)57-48(44)45(54-49)39-29-34(50(3,4)5)30-40(47(39)56)51(6,7)8/h11-13,15-21,23-30,43,49,52-53,56H,10,14,22H2,1-9H3/b27-11-. The Morgan fingerprint density at radius 2 is 1.70 bits per heavy atom. The van der Waals surface area contributed by atoms with E-state index in [0.717, 1.165) is 69.2 Å². The molecule has 3 N–H and O–H groups in total. The number of nitrogens with zero attached hydrogens (tertiary/aromatic N) is 2. The molecule has 0 fully saturated rings. The van der Waals surface area contributed by atoms with E-state index < -0.39 is 6.17 Å². The largest absolute Gasteiger partial charge is 0.507 e. The molecule has 2 heterocycles. The van der Waals surface area contributed by atoms with E-state index in [2.05, 4.69) is 162 Å². The monoisotopic (exact) mass is 756 g/mol. The summed E-state index contributed by atoms with van der Waals surface area (Å²) in [5, 5.41) is 23.1. The normalized spacial score (nSPS) is 16.1. The molecule has 2 atom stereocenters. The number of rotatable bonds is 8. The van der Waals surface area contributed by atoms with Gasteiger partial charge in [-0.25, -0.2) is 0 Å². The van der Waals surface area contributed by atoms with Gasteiger partial charge in [-0.15, -0.1) is 0 Å². The third kappa shape index (κ3) is 6.84. The van der Waals surface area contributed by atoms with Gasteiger partial charge in [0.05, 0.1) is 11.4 Å². The van der Waals surface area contributed by atoms with Crippen molar-refractivity contribution in [2.24, 2.45) is 4.99 Å². The molecule has 0 spiro atoms. The van der Waals surface area contributed by atoms with E-state index in [4.69, 9.17) is 9.41 Å². The number of fused-ring (bicyclic) bond motifs is 5. The lowest BCUT2D eigenvalue weighted by Gasteiger charge is -2.37. The molecule has 0 bridgehead atoms. The van der Waals surface area contributed by atoms with Crippen molar-refractivity contribution in [2.45, 2.75) is 97.8 Å². The van der Waals surface area contributed by atoms with Gasteiger partial charge in [-0.2, -0.15) is 0 Å². The Balaban J connectivity index is 1.42. The molecule has 57 heavy (non-hydrogen) atoms. The number of para-hydroxylation sites is 1. The van der Waals surface area contributed by atoms with Crippen molar-refractivity contribution in [3.63, 3.8) is 0 Å². The summed E-state index contributed by atoms with van der Waals surface area (Å²) in [4.78, 5) is 8.09. The molecule has 0 saturated heterocycles. The van der Waals surface area contributed by atoms with E-state index in [1.807, 2.05) is 25.2 Å². The molecule has 0 radical (unpaired) electrons. The van der Waals surface area contributed by atoms with Gasteiger partial charge in [-0.05, 0) is 102 Å². The van der Waals surface area contributed by atoms with Crippen molar-refractivity contribution < 1.29 is 9.52 Å². The molecule has 2 unspecified atom stereocenters. The first kappa shape index (κ1) is 38.3.